The molecule has 4 aliphatic rings. The lowest BCUT2D eigenvalue weighted by molar-refractivity contribution is 0.412. The normalized spacial score (nSPS) is 17.4. The summed E-state index contributed by atoms with van der Waals surface area (Å²) in [6, 6.07) is 34.0. The number of fused-ring (bicyclic) bond motifs is 6. The van der Waals surface area contributed by atoms with Crippen molar-refractivity contribution < 1.29 is 5.11 Å². The molecule has 9 rings (SSSR count). The van der Waals surface area contributed by atoms with Crippen molar-refractivity contribution in [1.29, 1.82) is 0 Å². The molecule has 0 saturated carbocycles. The maximum absolute atomic E-state index is 11.2. The minimum Gasteiger partial charge on any atom is -0.512 e. The van der Waals surface area contributed by atoms with Gasteiger partial charge in [-0.3, -0.25) is 0 Å². The summed E-state index contributed by atoms with van der Waals surface area (Å²) >= 11 is 1.62. The summed E-state index contributed by atoms with van der Waals surface area (Å²) in [5, 5.41) is 14.3. The molecule has 3 aromatic carbocycles. The lowest BCUT2D eigenvalue weighted by Crippen LogP contribution is -2.12. The molecule has 0 amide bonds. The monoisotopic (exact) mass is 665 g/mol. The van der Waals surface area contributed by atoms with E-state index >= 15 is 0 Å². The zero-order valence-corrected chi connectivity index (χ0v) is 28.0. The average Bonchev–Trinajstić information content (AvgIpc) is 3.97. The quantitative estimate of drug-likeness (QED) is 0.186. The lowest BCUT2D eigenvalue weighted by atomic mass is 9.98. The zero-order chi connectivity index (χ0) is 33.6. The summed E-state index contributed by atoms with van der Waals surface area (Å²) in [4.78, 5) is 20.2. The number of hydrogen-bond acceptors (Lipinski definition) is 5. The van der Waals surface area contributed by atoms with Crippen LogP contribution in [-0.2, 0) is 0 Å². The number of aromatic nitrogens is 2. The maximum atomic E-state index is 11.2. The minimum atomic E-state index is 0.00604. The third-order valence-electron chi connectivity index (χ3n) is 9.04. The van der Waals surface area contributed by atoms with E-state index in [1.54, 1.807) is 18.7 Å². The number of allylic oxidation sites excluding steroid dienone is 8. The van der Waals surface area contributed by atoms with Crippen LogP contribution in [-0.4, -0.2) is 31.8 Å². The first-order valence-corrected chi connectivity index (χ1v) is 17.3. The van der Waals surface area contributed by atoms with Gasteiger partial charge in [-0.15, -0.1) is 0 Å². The summed E-state index contributed by atoms with van der Waals surface area (Å²) in [5.74, 6) is 0.197. The molecule has 2 N–H and O–H groups in total. The first-order chi connectivity index (χ1) is 24.6. The van der Waals surface area contributed by atoms with Crippen LogP contribution in [0.2, 0.25) is 0 Å². The molecule has 7 heteroatoms. The second-order valence-corrected chi connectivity index (χ2v) is 13.5. The van der Waals surface area contributed by atoms with Gasteiger partial charge in [-0.2, -0.15) is 0 Å². The molecule has 2 aromatic heterocycles. The Bertz CT molecular complexity index is 2580. The first kappa shape index (κ1) is 29.9. The number of aliphatic hydroxyl groups excluding tert-OH is 1. The van der Waals surface area contributed by atoms with E-state index in [1.165, 1.54) is 11.1 Å². The van der Waals surface area contributed by atoms with Crippen molar-refractivity contribution in [2.45, 2.75) is 17.9 Å². The summed E-state index contributed by atoms with van der Waals surface area (Å²) in [6.07, 6.45) is 18.1. The fraction of sp³-hybridized carbons (Fsp3) is 0.0465. The van der Waals surface area contributed by atoms with E-state index < -0.39 is 0 Å². The Hall–Kier alpha value is -6.18. The summed E-state index contributed by atoms with van der Waals surface area (Å²) in [7, 11) is 0. The van der Waals surface area contributed by atoms with Crippen LogP contribution >= 0.6 is 11.8 Å². The number of thioether (sulfide) groups is 1. The van der Waals surface area contributed by atoms with Crippen LogP contribution in [0.3, 0.4) is 0 Å². The Morgan fingerprint density at radius 3 is 1.96 bits per heavy atom. The van der Waals surface area contributed by atoms with Gasteiger partial charge in [0.2, 0.25) is 0 Å². The Kier molecular flexibility index (Phi) is 7.40. The Morgan fingerprint density at radius 1 is 0.680 bits per heavy atom. The van der Waals surface area contributed by atoms with E-state index in [9.17, 15) is 5.11 Å². The lowest BCUT2D eigenvalue weighted by Gasteiger charge is -2.22. The molecule has 0 spiro atoms. The van der Waals surface area contributed by atoms with Gasteiger partial charge < -0.3 is 14.7 Å². The van der Waals surface area contributed by atoms with E-state index in [2.05, 4.69) is 101 Å². The van der Waals surface area contributed by atoms with Crippen LogP contribution in [0.5, 0.6) is 0 Å². The van der Waals surface area contributed by atoms with E-state index in [0.717, 1.165) is 59.9 Å². The maximum Gasteiger partial charge on any atom is 0.0997 e. The Balaban J connectivity index is 1.18. The van der Waals surface area contributed by atoms with Gasteiger partial charge in [-0.25, -0.2) is 15.0 Å². The number of nitrogens with zero attached hydrogens (tertiary/aromatic N) is 4. The van der Waals surface area contributed by atoms with Crippen LogP contribution in [0.25, 0.3) is 23.1 Å². The van der Waals surface area contributed by atoms with Gasteiger partial charge >= 0.3 is 0 Å². The number of hydrogen-bond donors (Lipinski definition) is 2. The molecule has 0 saturated heterocycles. The highest BCUT2D eigenvalue weighted by Gasteiger charge is 2.28. The second kappa shape index (κ2) is 12.4. The molecule has 240 valence electrons. The molecule has 0 unspecified atom stereocenters. The molecule has 0 atom stereocenters. The standard InChI is InChI=1S/C43H31N5OS/c1-27(49)41-37-25-34-19-17-32(45-34)23-30-15-16-31(44-30)24-33-18-20-35(46-33)26-38(47-37)43(41)50-40-14-8-13-39-36(40)21-22-48(39)42(28-9-4-2-5-10-28)29-11-6-3-7-12-29/h2-26,42,44,49H,1H3. The van der Waals surface area contributed by atoms with Gasteiger partial charge in [0, 0.05) is 32.7 Å². The SMILES string of the molecule is CC(O)=C1C2=NC(=C1Sc1cccc3c1ccn3C(c1ccccc1)c1ccccc1)C=C1C=CC(=N1)C=c1ccc([nH]1)=CC1=NC(=C2)C=C1. The molecule has 5 aromatic rings. The highest BCUT2D eigenvalue weighted by molar-refractivity contribution is 8.03. The van der Waals surface area contributed by atoms with E-state index in [1.807, 2.05) is 60.7 Å². The van der Waals surface area contributed by atoms with Gasteiger partial charge in [0.15, 0.2) is 0 Å². The molecule has 8 bridgehead atoms. The van der Waals surface area contributed by atoms with Gasteiger partial charge in [-0.1, -0.05) is 78.5 Å². The molecule has 0 fully saturated rings. The van der Waals surface area contributed by atoms with Crippen LogP contribution in [0, 0.1) is 0 Å². The van der Waals surface area contributed by atoms with E-state index in [0.29, 0.717) is 11.3 Å². The van der Waals surface area contributed by atoms with Crippen LogP contribution in [0.15, 0.2) is 193 Å². The van der Waals surface area contributed by atoms with Crippen LogP contribution in [0.1, 0.15) is 24.1 Å². The van der Waals surface area contributed by atoms with E-state index in [4.69, 9.17) is 15.0 Å². The highest BCUT2D eigenvalue weighted by Crippen LogP contribution is 2.45. The van der Waals surface area contributed by atoms with Gasteiger partial charge in [0.1, 0.15) is 0 Å². The summed E-state index contributed by atoms with van der Waals surface area (Å²) < 4.78 is 2.35. The topological polar surface area (TPSA) is 78.0 Å². The molecule has 0 aliphatic carbocycles. The first-order valence-electron chi connectivity index (χ1n) is 16.5. The predicted molar refractivity (Wildman–Crippen MR) is 206 cm³/mol. The third-order valence-corrected chi connectivity index (χ3v) is 10.2. The van der Waals surface area contributed by atoms with Gasteiger partial charge in [0.25, 0.3) is 0 Å². The van der Waals surface area contributed by atoms with Gasteiger partial charge in [0.05, 0.1) is 56.5 Å². The molecule has 6 nitrogen and oxygen atoms in total. The van der Waals surface area contributed by atoms with Crippen molar-refractivity contribution in [2.24, 2.45) is 15.0 Å². The number of nitrogens with one attached hydrogen (secondary N) is 1. The molecule has 50 heavy (non-hydrogen) atoms. The number of aromatic amines is 1. The molecular weight excluding hydrogens is 635 g/mol. The molecule has 4 aliphatic heterocycles. The van der Waals surface area contributed by atoms with Crippen molar-refractivity contribution >= 4 is 52.0 Å². The van der Waals surface area contributed by atoms with E-state index in [-0.39, 0.29) is 11.8 Å². The van der Waals surface area contributed by atoms with Gasteiger partial charge in [-0.05, 0) is 97.0 Å². The fourth-order valence-electron chi connectivity index (χ4n) is 6.81. The molecular formula is C43H31N5OS. The third kappa shape index (κ3) is 5.57. The van der Waals surface area contributed by atoms with Crippen LogP contribution in [0.4, 0.5) is 0 Å². The van der Waals surface area contributed by atoms with Crippen molar-refractivity contribution in [1.82, 2.24) is 9.55 Å². The Morgan fingerprint density at radius 2 is 1.32 bits per heavy atom. The number of benzene rings is 3. The fourth-order valence-corrected chi connectivity index (χ4v) is 8.02. The van der Waals surface area contributed by atoms with Crippen molar-refractivity contribution in [3.05, 3.63) is 195 Å². The molecule has 6 heterocycles. The largest absolute Gasteiger partial charge is 0.512 e. The smallest absolute Gasteiger partial charge is 0.0997 e. The minimum absolute atomic E-state index is 0.00604. The number of aliphatic imine (C=N–C) groups is 3. The highest BCUT2D eigenvalue weighted by atomic mass is 32.2. The average molecular weight is 666 g/mol. The predicted octanol–water partition coefficient (Wildman–Crippen LogP) is 8.26. The van der Waals surface area contributed by atoms with Crippen molar-refractivity contribution in [3.63, 3.8) is 0 Å². The summed E-state index contributed by atoms with van der Waals surface area (Å²) in [5.41, 5.74) is 8.89. The molecule has 0 radical (unpaired) electrons. The number of rotatable bonds is 5. The number of H-pyrrole nitrogens is 1. The second-order valence-electron chi connectivity index (χ2n) is 12.4. The Labute approximate surface area is 293 Å². The summed E-state index contributed by atoms with van der Waals surface area (Å²) in [6.45, 7) is 1.72. The zero-order valence-electron chi connectivity index (χ0n) is 27.2. The van der Waals surface area contributed by atoms with Crippen molar-refractivity contribution in [2.75, 3.05) is 0 Å². The van der Waals surface area contributed by atoms with Crippen molar-refractivity contribution in [3.8, 4) is 0 Å². The van der Waals surface area contributed by atoms with Crippen LogP contribution < -0.4 is 10.7 Å². The number of aliphatic hydroxyl groups is 1.